The maximum absolute atomic E-state index is 13.2. The van der Waals surface area contributed by atoms with Crippen molar-refractivity contribution in [2.75, 3.05) is 5.32 Å². The topological polar surface area (TPSA) is 68.3 Å². The average Bonchev–Trinajstić information content (AvgIpc) is 2.65. The van der Waals surface area contributed by atoms with Crippen LogP contribution in [0.25, 0.3) is 0 Å². The maximum atomic E-state index is 13.2. The number of halogens is 3. The molecule has 0 amide bonds. The fourth-order valence-corrected chi connectivity index (χ4v) is 2.11. The van der Waals surface area contributed by atoms with Crippen molar-refractivity contribution in [2.24, 2.45) is 0 Å². The first kappa shape index (κ1) is 14.0. The molecule has 0 aliphatic rings. The molecule has 2 aromatic rings. The number of nitrogens with one attached hydrogen (secondary N) is 1. The number of hydrogen-bond donors (Lipinski definition) is 1. The van der Waals surface area contributed by atoms with Gasteiger partial charge in [0, 0.05) is 11.8 Å². The summed E-state index contributed by atoms with van der Waals surface area (Å²) in [5, 5.41) is 13.5. The summed E-state index contributed by atoms with van der Waals surface area (Å²) in [4.78, 5) is 9.96. The lowest BCUT2D eigenvalue weighted by molar-refractivity contribution is -0.385. The van der Waals surface area contributed by atoms with Gasteiger partial charge in [-0.15, -0.1) is 0 Å². The molecule has 0 radical (unpaired) electrons. The molecule has 0 unspecified atom stereocenters. The van der Waals surface area contributed by atoms with Crippen molar-refractivity contribution in [3.05, 3.63) is 55.1 Å². The quantitative estimate of drug-likeness (QED) is 0.614. The van der Waals surface area contributed by atoms with E-state index in [-0.39, 0.29) is 12.2 Å². The van der Waals surface area contributed by atoms with Crippen molar-refractivity contribution < 1.29 is 13.7 Å². The third-order valence-corrected chi connectivity index (χ3v) is 3.97. The van der Waals surface area contributed by atoms with Gasteiger partial charge in [-0.3, -0.25) is 10.1 Å². The highest BCUT2D eigenvalue weighted by Gasteiger charge is 2.11. The highest BCUT2D eigenvalue weighted by molar-refractivity contribution is 9.13. The summed E-state index contributed by atoms with van der Waals surface area (Å²) in [6.07, 6.45) is 0. The van der Waals surface area contributed by atoms with E-state index in [4.69, 9.17) is 4.42 Å². The van der Waals surface area contributed by atoms with Crippen LogP contribution in [0.15, 0.2) is 37.8 Å². The first-order chi connectivity index (χ1) is 8.95. The van der Waals surface area contributed by atoms with E-state index in [1.807, 2.05) is 0 Å². The Bertz CT molecular complexity index is 611. The summed E-state index contributed by atoms with van der Waals surface area (Å²) >= 11 is 6.46. The molecule has 0 saturated heterocycles. The first-order valence-electron chi connectivity index (χ1n) is 5.08. The van der Waals surface area contributed by atoms with Gasteiger partial charge in [-0.1, -0.05) is 0 Å². The Morgan fingerprint density at radius 2 is 2.05 bits per heavy atom. The minimum atomic E-state index is -0.668. The van der Waals surface area contributed by atoms with Crippen molar-refractivity contribution in [2.45, 2.75) is 6.54 Å². The van der Waals surface area contributed by atoms with Crippen LogP contribution in [0, 0.1) is 15.9 Å². The van der Waals surface area contributed by atoms with Gasteiger partial charge < -0.3 is 9.73 Å². The second-order valence-electron chi connectivity index (χ2n) is 3.64. The van der Waals surface area contributed by atoms with Crippen LogP contribution in [0.4, 0.5) is 15.8 Å². The van der Waals surface area contributed by atoms with Gasteiger partial charge in [0.05, 0.1) is 22.0 Å². The molecule has 1 heterocycles. The van der Waals surface area contributed by atoms with Crippen molar-refractivity contribution in [3.8, 4) is 0 Å². The summed E-state index contributed by atoms with van der Waals surface area (Å²) in [6.45, 7) is 0.283. The highest BCUT2D eigenvalue weighted by atomic mass is 79.9. The number of nitro benzene ring substituents is 1. The Morgan fingerprint density at radius 3 is 2.63 bits per heavy atom. The van der Waals surface area contributed by atoms with Crippen LogP contribution >= 0.6 is 31.9 Å². The van der Waals surface area contributed by atoms with Crippen LogP contribution in [-0.4, -0.2) is 4.92 Å². The molecule has 5 nitrogen and oxygen atoms in total. The summed E-state index contributed by atoms with van der Waals surface area (Å²) in [6, 6.07) is 5.05. The Balaban J connectivity index is 2.13. The van der Waals surface area contributed by atoms with E-state index in [1.165, 1.54) is 12.1 Å². The zero-order valence-electron chi connectivity index (χ0n) is 9.32. The van der Waals surface area contributed by atoms with Crippen LogP contribution in [0.2, 0.25) is 0 Å². The summed E-state index contributed by atoms with van der Waals surface area (Å²) in [5.74, 6) is -0.0656. The fraction of sp³-hybridized carbons (Fsp3) is 0.0909. The van der Waals surface area contributed by atoms with Gasteiger partial charge in [0.1, 0.15) is 11.6 Å². The van der Waals surface area contributed by atoms with Gasteiger partial charge in [-0.05, 0) is 44.0 Å². The molecule has 0 saturated carbocycles. The molecular formula is C11H7Br2FN2O3. The molecule has 0 fully saturated rings. The van der Waals surface area contributed by atoms with Crippen molar-refractivity contribution in [1.82, 2.24) is 0 Å². The molecule has 2 rings (SSSR count). The SMILES string of the molecule is O=[N+]([O-])c1cc(F)cc(NCc2cc(Br)c(Br)o2)c1. The zero-order valence-corrected chi connectivity index (χ0v) is 12.5. The van der Waals surface area contributed by atoms with Gasteiger partial charge in [-0.25, -0.2) is 4.39 Å². The Hall–Kier alpha value is -1.41. The zero-order chi connectivity index (χ0) is 14.0. The molecule has 0 aliphatic carbocycles. The Kier molecular flexibility index (Phi) is 4.20. The highest BCUT2D eigenvalue weighted by Crippen LogP contribution is 2.27. The Morgan fingerprint density at radius 1 is 1.32 bits per heavy atom. The van der Waals surface area contributed by atoms with E-state index in [1.54, 1.807) is 6.07 Å². The van der Waals surface area contributed by atoms with Crippen molar-refractivity contribution >= 4 is 43.2 Å². The first-order valence-corrected chi connectivity index (χ1v) is 6.67. The van der Waals surface area contributed by atoms with Crippen LogP contribution in [0.1, 0.15) is 5.76 Å². The molecule has 1 aromatic heterocycles. The van der Waals surface area contributed by atoms with Gasteiger partial charge in [-0.2, -0.15) is 0 Å². The van der Waals surface area contributed by atoms with E-state index < -0.39 is 10.7 Å². The number of hydrogen-bond acceptors (Lipinski definition) is 4. The second-order valence-corrected chi connectivity index (χ2v) is 5.22. The second kappa shape index (κ2) is 5.70. The number of furan rings is 1. The fourth-order valence-electron chi connectivity index (χ4n) is 1.45. The summed E-state index contributed by atoms with van der Waals surface area (Å²) in [5.41, 5.74) is 0.0136. The molecule has 0 spiro atoms. The third kappa shape index (κ3) is 3.54. The normalized spacial score (nSPS) is 10.5. The summed E-state index contributed by atoms with van der Waals surface area (Å²) < 4.78 is 19.8. The number of benzene rings is 1. The third-order valence-electron chi connectivity index (χ3n) is 2.26. The maximum Gasteiger partial charge on any atom is 0.274 e. The average molecular weight is 394 g/mol. The lowest BCUT2D eigenvalue weighted by Gasteiger charge is -2.04. The number of rotatable bonds is 4. The molecule has 1 N–H and O–H groups in total. The van der Waals surface area contributed by atoms with Crippen LogP contribution in [0.5, 0.6) is 0 Å². The molecule has 8 heteroatoms. The monoisotopic (exact) mass is 392 g/mol. The molecule has 1 aromatic carbocycles. The predicted molar refractivity (Wildman–Crippen MR) is 74.5 cm³/mol. The summed E-state index contributed by atoms with van der Waals surface area (Å²) in [7, 11) is 0. The molecule has 19 heavy (non-hydrogen) atoms. The van der Waals surface area contributed by atoms with Crippen LogP contribution < -0.4 is 5.32 Å². The van der Waals surface area contributed by atoms with Crippen LogP contribution in [-0.2, 0) is 6.54 Å². The minimum absolute atomic E-state index is 0.283. The van der Waals surface area contributed by atoms with E-state index >= 15 is 0 Å². The molecule has 0 atom stereocenters. The van der Waals surface area contributed by atoms with Gasteiger partial charge in [0.15, 0.2) is 4.67 Å². The lowest BCUT2D eigenvalue weighted by Crippen LogP contribution is -2.00. The number of anilines is 1. The molecule has 100 valence electrons. The van der Waals surface area contributed by atoms with Crippen molar-refractivity contribution in [1.29, 1.82) is 0 Å². The Labute approximate surface area is 124 Å². The number of nitro groups is 1. The van der Waals surface area contributed by atoms with E-state index in [0.29, 0.717) is 16.1 Å². The largest absolute Gasteiger partial charge is 0.451 e. The molecule has 0 bridgehead atoms. The lowest BCUT2D eigenvalue weighted by atomic mass is 10.2. The van der Waals surface area contributed by atoms with Gasteiger partial charge >= 0.3 is 0 Å². The predicted octanol–water partition coefficient (Wildman–Crippen LogP) is 4.46. The van der Waals surface area contributed by atoms with Gasteiger partial charge in [0.2, 0.25) is 0 Å². The smallest absolute Gasteiger partial charge is 0.274 e. The number of nitrogens with zero attached hydrogens (tertiary/aromatic N) is 1. The number of non-ortho nitro benzene ring substituents is 1. The molecule has 0 aliphatic heterocycles. The van der Waals surface area contributed by atoms with E-state index in [9.17, 15) is 14.5 Å². The van der Waals surface area contributed by atoms with Crippen LogP contribution in [0.3, 0.4) is 0 Å². The van der Waals surface area contributed by atoms with E-state index in [0.717, 1.165) is 10.5 Å². The molecular weight excluding hydrogens is 387 g/mol. The van der Waals surface area contributed by atoms with Crippen molar-refractivity contribution in [3.63, 3.8) is 0 Å². The van der Waals surface area contributed by atoms with Gasteiger partial charge in [0.25, 0.3) is 5.69 Å². The van der Waals surface area contributed by atoms with E-state index in [2.05, 4.69) is 37.2 Å². The minimum Gasteiger partial charge on any atom is -0.451 e. The standard InChI is InChI=1S/C11H7Br2FN2O3/c12-10-4-9(19-11(10)13)5-15-7-1-6(14)2-8(3-7)16(17)18/h1-4,15H,5H2.